The number of nitrogens with zero attached hydrogens (tertiary/aromatic N) is 1. The van der Waals surface area contributed by atoms with Crippen molar-refractivity contribution in [3.05, 3.63) is 113 Å². The SMILES string of the molecule is COc1cc(OC)c(CNC(=O)C(c2ccc(-c3ccccc3)cc2)C2CCC(C3c4[nH]c5ccccc5c4CC(C(N)=O)N3C(=O)OC(C)(C)C)CC2)c(OC)c1. The molecule has 1 aromatic heterocycles. The van der Waals surface area contributed by atoms with Crippen LogP contribution in [0.5, 0.6) is 17.2 Å². The summed E-state index contributed by atoms with van der Waals surface area (Å²) in [6.07, 6.45) is 2.58. The summed E-state index contributed by atoms with van der Waals surface area (Å²) in [7, 11) is 4.74. The maximum absolute atomic E-state index is 14.6. The third-order valence-electron chi connectivity index (χ3n) is 11.8. The van der Waals surface area contributed by atoms with Gasteiger partial charge in [0.2, 0.25) is 11.8 Å². The zero-order valence-electron chi connectivity index (χ0n) is 34.2. The molecular formula is C47H54N4O7. The quantitative estimate of drug-likeness (QED) is 0.122. The molecule has 5 aromatic rings. The van der Waals surface area contributed by atoms with Crippen LogP contribution in [0.3, 0.4) is 0 Å². The lowest BCUT2D eigenvalue weighted by Crippen LogP contribution is -2.56. The van der Waals surface area contributed by atoms with Gasteiger partial charge in [0, 0.05) is 35.2 Å². The van der Waals surface area contributed by atoms with Crippen LogP contribution in [0.25, 0.3) is 22.0 Å². The van der Waals surface area contributed by atoms with E-state index >= 15 is 0 Å². The Morgan fingerprint density at radius 1 is 0.828 bits per heavy atom. The zero-order valence-corrected chi connectivity index (χ0v) is 34.2. The number of H-pyrrole nitrogens is 1. The predicted molar refractivity (Wildman–Crippen MR) is 224 cm³/mol. The summed E-state index contributed by atoms with van der Waals surface area (Å²) < 4.78 is 22.8. The Morgan fingerprint density at radius 2 is 1.45 bits per heavy atom. The van der Waals surface area contributed by atoms with E-state index in [0.717, 1.165) is 38.9 Å². The predicted octanol–water partition coefficient (Wildman–Crippen LogP) is 8.46. The topological polar surface area (TPSA) is 145 Å². The normalized spacial score (nSPS) is 19.8. The van der Waals surface area contributed by atoms with Gasteiger partial charge in [-0.05, 0) is 86.6 Å². The minimum Gasteiger partial charge on any atom is -0.496 e. The third-order valence-corrected chi connectivity index (χ3v) is 11.8. The van der Waals surface area contributed by atoms with E-state index in [0.29, 0.717) is 54.9 Å². The minimum absolute atomic E-state index is 0.00817. The van der Waals surface area contributed by atoms with E-state index in [1.165, 1.54) is 0 Å². The third kappa shape index (κ3) is 8.21. The number of aromatic amines is 1. The molecule has 7 rings (SSSR count). The summed E-state index contributed by atoms with van der Waals surface area (Å²) in [5.41, 5.74) is 12.0. The number of nitrogens with one attached hydrogen (secondary N) is 2. The van der Waals surface area contributed by atoms with Crippen LogP contribution in [-0.4, -0.2) is 60.8 Å². The lowest BCUT2D eigenvalue weighted by molar-refractivity contribution is -0.126. The molecule has 0 saturated heterocycles. The molecule has 4 N–H and O–H groups in total. The van der Waals surface area contributed by atoms with Gasteiger partial charge in [0.25, 0.3) is 0 Å². The summed E-state index contributed by atoms with van der Waals surface area (Å²) in [6, 6.07) is 28.7. The largest absolute Gasteiger partial charge is 0.496 e. The first-order chi connectivity index (χ1) is 27.9. The van der Waals surface area contributed by atoms with Crippen molar-refractivity contribution in [2.75, 3.05) is 21.3 Å². The molecule has 1 aliphatic carbocycles. The van der Waals surface area contributed by atoms with Crippen molar-refractivity contribution in [2.45, 2.75) is 83.0 Å². The number of para-hydroxylation sites is 1. The van der Waals surface area contributed by atoms with Crippen molar-refractivity contribution in [3.63, 3.8) is 0 Å². The fourth-order valence-electron chi connectivity index (χ4n) is 9.06. The Hall–Kier alpha value is -5.97. The van der Waals surface area contributed by atoms with E-state index in [-0.39, 0.29) is 24.3 Å². The van der Waals surface area contributed by atoms with Gasteiger partial charge in [-0.2, -0.15) is 0 Å². The zero-order chi connectivity index (χ0) is 41.1. The number of methoxy groups -OCH3 is 3. The number of carbonyl (C=O) groups is 3. The highest BCUT2D eigenvalue weighted by atomic mass is 16.6. The molecule has 1 saturated carbocycles. The Balaban J connectivity index is 1.20. The number of primary amides is 1. The average Bonchev–Trinajstić information content (AvgIpc) is 3.60. The molecule has 3 atom stereocenters. The van der Waals surface area contributed by atoms with Gasteiger partial charge >= 0.3 is 6.09 Å². The van der Waals surface area contributed by atoms with Gasteiger partial charge < -0.3 is 35.0 Å². The van der Waals surface area contributed by atoms with Crippen molar-refractivity contribution in [1.29, 1.82) is 0 Å². The summed E-state index contributed by atoms with van der Waals surface area (Å²) in [6.45, 7) is 5.65. The molecule has 11 heteroatoms. The number of amides is 3. The second kappa shape index (κ2) is 16.9. The molecule has 2 aliphatic rings. The second-order valence-corrected chi connectivity index (χ2v) is 16.4. The van der Waals surface area contributed by atoms with Crippen LogP contribution >= 0.6 is 0 Å². The summed E-state index contributed by atoms with van der Waals surface area (Å²) in [5.74, 6) is 0.512. The summed E-state index contributed by atoms with van der Waals surface area (Å²) >= 11 is 0. The Bertz CT molecular complexity index is 2230. The highest BCUT2D eigenvalue weighted by Gasteiger charge is 2.48. The maximum atomic E-state index is 14.6. The Kier molecular flexibility index (Phi) is 11.7. The molecule has 3 unspecified atom stereocenters. The molecule has 304 valence electrons. The summed E-state index contributed by atoms with van der Waals surface area (Å²) in [4.78, 5) is 47.1. The number of benzene rings is 4. The van der Waals surface area contributed by atoms with E-state index in [1.54, 1.807) is 38.4 Å². The van der Waals surface area contributed by atoms with Crippen molar-refractivity contribution in [1.82, 2.24) is 15.2 Å². The monoisotopic (exact) mass is 786 g/mol. The van der Waals surface area contributed by atoms with Gasteiger partial charge in [0.05, 0.1) is 45.4 Å². The van der Waals surface area contributed by atoms with Gasteiger partial charge in [-0.1, -0.05) is 72.8 Å². The van der Waals surface area contributed by atoms with Crippen molar-refractivity contribution in [3.8, 4) is 28.4 Å². The lowest BCUT2D eigenvalue weighted by atomic mass is 9.69. The molecular weight excluding hydrogens is 733 g/mol. The number of fused-ring (bicyclic) bond motifs is 3. The van der Waals surface area contributed by atoms with Crippen molar-refractivity contribution < 1.29 is 33.3 Å². The molecule has 1 aliphatic heterocycles. The smallest absolute Gasteiger partial charge is 0.411 e. The molecule has 58 heavy (non-hydrogen) atoms. The number of hydrogen-bond acceptors (Lipinski definition) is 7. The van der Waals surface area contributed by atoms with E-state index in [9.17, 15) is 14.4 Å². The van der Waals surface area contributed by atoms with Crippen LogP contribution in [0, 0.1) is 11.8 Å². The van der Waals surface area contributed by atoms with Crippen LogP contribution < -0.4 is 25.3 Å². The second-order valence-electron chi connectivity index (χ2n) is 16.4. The number of rotatable bonds is 11. The molecule has 4 aromatic carbocycles. The summed E-state index contributed by atoms with van der Waals surface area (Å²) in [5, 5.41) is 4.25. The lowest BCUT2D eigenvalue weighted by Gasteiger charge is -2.46. The first kappa shape index (κ1) is 40.2. The first-order valence-electron chi connectivity index (χ1n) is 20.0. The standard InChI is InChI=1S/C47H54N4O7/c1-47(2,3)58-46(54)51-38(44(48)52)26-35-34-14-10-11-15-37(34)50-42(35)43(51)32-22-20-31(21-23-32)41(30-18-16-29(17-19-30)28-12-8-7-9-13-28)45(53)49-27-36-39(56-5)24-33(55-4)25-40(36)57-6/h7-19,24-25,31-32,38,41,43,50H,20-23,26-27H2,1-6H3,(H2,48,52)(H,49,53). The number of aromatic nitrogens is 1. The van der Waals surface area contributed by atoms with Gasteiger partial charge in [-0.25, -0.2) is 4.79 Å². The van der Waals surface area contributed by atoms with Crippen molar-refractivity contribution in [2.24, 2.45) is 17.6 Å². The number of carbonyl (C=O) groups excluding carboxylic acids is 3. The van der Waals surface area contributed by atoms with Crippen LogP contribution in [0.15, 0.2) is 91.0 Å². The molecule has 3 amide bonds. The molecule has 2 heterocycles. The Morgan fingerprint density at radius 3 is 2.05 bits per heavy atom. The molecule has 1 fully saturated rings. The van der Waals surface area contributed by atoms with E-state index in [4.69, 9.17) is 24.7 Å². The van der Waals surface area contributed by atoms with Gasteiger partial charge in [0.1, 0.15) is 28.9 Å². The van der Waals surface area contributed by atoms with Crippen LogP contribution in [-0.2, 0) is 27.3 Å². The van der Waals surface area contributed by atoms with Gasteiger partial charge in [-0.15, -0.1) is 0 Å². The van der Waals surface area contributed by atoms with Crippen LogP contribution in [0.1, 0.15) is 80.8 Å². The average molecular weight is 787 g/mol. The number of ether oxygens (including phenoxy) is 4. The van der Waals surface area contributed by atoms with Crippen molar-refractivity contribution >= 4 is 28.8 Å². The highest BCUT2D eigenvalue weighted by molar-refractivity contribution is 5.90. The fourth-order valence-corrected chi connectivity index (χ4v) is 9.06. The van der Waals surface area contributed by atoms with Gasteiger partial charge in [0.15, 0.2) is 0 Å². The van der Waals surface area contributed by atoms with E-state index < -0.39 is 35.6 Å². The highest BCUT2D eigenvalue weighted by Crippen LogP contribution is 2.49. The first-order valence-corrected chi connectivity index (χ1v) is 20.0. The maximum Gasteiger partial charge on any atom is 0.411 e. The van der Waals surface area contributed by atoms with Gasteiger partial charge in [-0.3, -0.25) is 14.5 Å². The number of nitrogens with two attached hydrogens (primary N) is 1. The molecule has 11 nitrogen and oxygen atoms in total. The van der Waals surface area contributed by atoms with Crippen LogP contribution in [0.4, 0.5) is 4.79 Å². The van der Waals surface area contributed by atoms with E-state index in [2.05, 4.69) is 46.7 Å². The van der Waals surface area contributed by atoms with E-state index in [1.807, 2.05) is 63.2 Å². The van der Waals surface area contributed by atoms with Crippen LogP contribution in [0.2, 0.25) is 0 Å². The molecule has 0 bridgehead atoms. The minimum atomic E-state index is -0.877. The fraction of sp³-hybridized carbons (Fsp3) is 0.383. The molecule has 0 radical (unpaired) electrons. The number of hydrogen-bond donors (Lipinski definition) is 3. The molecule has 0 spiro atoms. The Labute approximate surface area is 340 Å².